The first-order valence-electron chi connectivity index (χ1n) is 5.57. The predicted molar refractivity (Wildman–Crippen MR) is 79.3 cm³/mol. The van der Waals surface area contributed by atoms with Crippen LogP contribution in [0.1, 0.15) is 0 Å². The first-order chi connectivity index (χ1) is 9.08. The molecule has 0 aliphatic carbocycles. The van der Waals surface area contributed by atoms with Crippen molar-refractivity contribution in [1.82, 2.24) is 14.9 Å². The molecule has 1 aromatic carbocycles. The van der Waals surface area contributed by atoms with Gasteiger partial charge in [0.25, 0.3) is 5.95 Å². The Balaban J connectivity index is 2.44. The van der Waals surface area contributed by atoms with Gasteiger partial charge in [-0.2, -0.15) is 9.97 Å². The van der Waals surface area contributed by atoms with Crippen LogP contribution < -0.4 is 0 Å². The topological polar surface area (TPSA) is 41.4 Å². The molecule has 1 heterocycles. The minimum atomic E-state index is 0.239. The first-order valence-corrected chi connectivity index (χ1v) is 6.32. The molecule has 0 unspecified atom stereocenters. The van der Waals surface area contributed by atoms with Crippen molar-refractivity contribution in [3.05, 3.63) is 40.6 Å². The summed E-state index contributed by atoms with van der Waals surface area (Å²) >= 11 is 12.3. The van der Waals surface area contributed by atoms with Crippen LogP contribution in [0, 0.1) is 0 Å². The Kier molecular flexibility index (Phi) is 4.35. The normalized spacial score (nSPS) is 10.9. The molecule has 0 fully saturated rings. The van der Waals surface area contributed by atoms with Gasteiger partial charge >= 0.3 is 0 Å². The van der Waals surface area contributed by atoms with Gasteiger partial charge in [0.2, 0.25) is 0 Å². The van der Waals surface area contributed by atoms with E-state index in [4.69, 9.17) is 23.2 Å². The highest BCUT2D eigenvalue weighted by Crippen LogP contribution is 2.33. The molecule has 4 nitrogen and oxygen atoms in total. The van der Waals surface area contributed by atoms with E-state index in [2.05, 4.69) is 15.0 Å². The Morgan fingerprint density at radius 2 is 1.63 bits per heavy atom. The summed E-state index contributed by atoms with van der Waals surface area (Å²) in [5.74, 6) is 0.239. The number of halogens is 2. The van der Waals surface area contributed by atoms with E-state index in [0.717, 1.165) is 5.56 Å². The van der Waals surface area contributed by atoms with E-state index < -0.39 is 0 Å². The summed E-state index contributed by atoms with van der Waals surface area (Å²) in [5, 5.41) is 0.578. The Bertz CT molecular complexity index is 574. The molecule has 2 aromatic rings. The quantitative estimate of drug-likeness (QED) is 0.493. The predicted octanol–water partition coefficient (Wildman–Crippen LogP) is 3.67. The lowest BCUT2D eigenvalue weighted by molar-refractivity contribution is 0.642. The van der Waals surface area contributed by atoms with Gasteiger partial charge in [-0.3, -0.25) is 0 Å². The molecule has 0 saturated heterocycles. The van der Waals surface area contributed by atoms with E-state index in [9.17, 15) is 0 Å². The maximum Gasteiger partial charge on any atom is 0.253 e. The van der Waals surface area contributed by atoms with Crippen LogP contribution in [0.4, 0.5) is 5.95 Å². The van der Waals surface area contributed by atoms with Crippen LogP contribution in [-0.4, -0.2) is 35.3 Å². The second-order valence-electron chi connectivity index (χ2n) is 4.05. The Morgan fingerprint density at radius 3 is 2.16 bits per heavy atom. The van der Waals surface area contributed by atoms with Crippen molar-refractivity contribution in [2.75, 3.05) is 14.1 Å². The van der Waals surface area contributed by atoms with Gasteiger partial charge in [0, 0.05) is 14.1 Å². The summed E-state index contributed by atoms with van der Waals surface area (Å²) in [6.07, 6.45) is 1.59. The molecule has 19 heavy (non-hydrogen) atoms. The summed E-state index contributed by atoms with van der Waals surface area (Å²) in [6.45, 7) is 0. The molecule has 0 atom stereocenters. The van der Waals surface area contributed by atoms with E-state index in [1.165, 1.54) is 0 Å². The molecule has 0 amide bonds. The molecule has 98 valence electrons. The van der Waals surface area contributed by atoms with E-state index in [1.807, 2.05) is 44.4 Å². The van der Waals surface area contributed by atoms with Crippen LogP contribution in [0.5, 0.6) is 0 Å². The van der Waals surface area contributed by atoms with Gasteiger partial charge in [-0.25, -0.2) is 4.99 Å². The molecule has 0 bridgehead atoms. The molecule has 0 aliphatic heterocycles. The molecule has 2 rings (SSSR count). The van der Waals surface area contributed by atoms with Crippen molar-refractivity contribution >= 4 is 35.5 Å². The average Bonchev–Trinajstić information content (AvgIpc) is 2.37. The number of hydrogen-bond acceptors (Lipinski definition) is 3. The van der Waals surface area contributed by atoms with Crippen molar-refractivity contribution in [2.45, 2.75) is 0 Å². The fraction of sp³-hybridized carbons (Fsp3) is 0.154. The zero-order chi connectivity index (χ0) is 13.8. The van der Waals surface area contributed by atoms with Crippen molar-refractivity contribution in [3.63, 3.8) is 0 Å². The van der Waals surface area contributed by atoms with Crippen LogP contribution in [0.2, 0.25) is 10.3 Å². The lowest BCUT2D eigenvalue weighted by Crippen LogP contribution is -2.07. The molecule has 1 aromatic heterocycles. The van der Waals surface area contributed by atoms with Gasteiger partial charge in [0.1, 0.15) is 10.3 Å². The summed E-state index contributed by atoms with van der Waals surface area (Å²) in [5.41, 5.74) is 1.49. The van der Waals surface area contributed by atoms with Gasteiger partial charge in [-0.05, 0) is 5.56 Å². The Hall–Kier alpha value is -1.65. The van der Waals surface area contributed by atoms with Crippen molar-refractivity contribution < 1.29 is 0 Å². The van der Waals surface area contributed by atoms with E-state index in [1.54, 1.807) is 11.2 Å². The van der Waals surface area contributed by atoms with Gasteiger partial charge in [-0.15, -0.1) is 0 Å². The largest absolute Gasteiger partial charge is 0.369 e. The van der Waals surface area contributed by atoms with Crippen LogP contribution in [0.15, 0.2) is 35.3 Å². The third-order valence-electron chi connectivity index (χ3n) is 2.28. The SMILES string of the molecule is CN(C)C=Nc1nc(Cl)c(-c2ccccc2)c(Cl)n1. The van der Waals surface area contributed by atoms with E-state index in [-0.39, 0.29) is 16.3 Å². The Labute approximate surface area is 121 Å². The molecular formula is C13H12Cl2N4. The summed E-state index contributed by atoms with van der Waals surface area (Å²) in [4.78, 5) is 14.1. The first kappa shape index (κ1) is 13.8. The lowest BCUT2D eigenvalue weighted by atomic mass is 10.1. The average molecular weight is 295 g/mol. The fourth-order valence-electron chi connectivity index (χ4n) is 1.47. The Morgan fingerprint density at radius 1 is 1.05 bits per heavy atom. The molecule has 0 aliphatic rings. The minimum Gasteiger partial charge on any atom is -0.369 e. The molecule has 0 N–H and O–H groups in total. The zero-order valence-electron chi connectivity index (χ0n) is 10.5. The van der Waals surface area contributed by atoms with Gasteiger partial charge in [0.05, 0.1) is 11.9 Å². The lowest BCUT2D eigenvalue weighted by Gasteiger charge is -2.07. The van der Waals surface area contributed by atoms with Crippen molar-refractivity contribution in [1.29, 1.82) is 0 Å². The number of benzene rings is 1. The number of aromatic nitrogens is 2. The molecule has 6 heteroatoms. The number of hydrogen-bond donors (Lipinski definition) is 0. The van der Waals surface area contributed by atoms with Crippen molar-refractivity contribution in [3.8, 4) is 11.1 Å². The standard InChI is InChI=1S/C13H12Cl2N4/c1-19(2)8-16-13-17-11(14)10(12(15)18-13)9-6-4-3-5-7-9/h3-8H,1-2H3. The maximum absolute atomic E-state index is 6.16. The summed E-state index contributed by atoms with van der Waals surface area (Å²) in [6, 6.07) is 9.53. The van der Waals surface area contributed by atoms with Crippen LogP contribution in [-0.2, 0) is 0 Å². The minimum absolute atomic E-state index is 0.239. The third-order valence-corrected chi connectivity index (χ3v) is 2.82. The molecular weight excluding hydrogens is 283 g/mol. The highest BCUT2D eigenvalue weighted by molar-refractivity contribution is 6.37. The van der Waals surface area contributed by atoms with E-state index in [0.29, 0.717) is 5.56 Å². The monoisotopic (exact) mass is 294 g/mol. The molecule has 0 spiro atoms. The van der Waals surface area contributed by atoms with Crippen LogP contribution in [0.25, 0.3) is 11.1 Å². The smallest absolute Gasteiger partial charge is 0.253 e. The molecule has 0 radical (unpaired) electrons. The highest BCUT2D eigenvalue weighted by atomic mass is 35.5. The van der Waals surface area contributed by atoms with Gasteiger partial charge < -0.3 is 4.90 Å². The van der Waals surface area contributed by atoms with Crippen LogP contribution >= 0.6 is 23.2 Å². The van der Waals surface area contributed by atoms with Gasteiger partial charge in [-0.1, -0.05) is 53.5 Å². The van der Waals surface area contributed by atoms with Gasteiger partial charge in [0.15, 0.2) is 0 Å². The number of aliphatic imine (C=N–C) groups is 1. The summed E-state index contributed by atoms with van der Waals surface area (Å²) < 4.78 is 0. The van der Waals surface area contributed by atoms with Crippen LogP contribution in [0.3, 0.4) is 0 Å². The number of nitrogens with zero attached hydrogens (tertiary/aromatic N) is 4. The fourth-order valence-corrected chi connectivity index (χ4v) is 2.06. The second-order valence-corrected chi connectivity index (χ2v) is 4.77. The molecule has 0 saturated carbocycles. The maximum atomic E-state index is 6.16. The second kappa shape index (κ2) is 5.99. The van der Waals surface area contributed by atoms with E-state index >= 15 is 0 Å². The third kappa shape index (κ3) is 3.43. The zero-order valence-corrected chi connectivity index (χ0v) is 12.0. The number of rotatable bonds is 3. The summed E-state index contributed by atoms with van der Waals surface area (Å²) in [7, 11) is 3.70. The highest BCUT2D eigenvalue weighted by Gasteiger charge is 2.12. The van der Waals surface area contributed by atoms with Crippen molar-refractivity contribution in [2.24, 2.45) is 4.99 Å².